The predicted molar refractivity (Wildman–Crippen MR) is 74.3 cm³/mol. The zero-order valence-electron chi connectivity index (χ0n) is 9.58. The lowest BCUT2D eigenvalue weighted by molar-refractivity contribution is -0.874. The Hall–Kier alpha value is -1.87. The van der Waals surface area contributed by atoms with Gasteiger partial charge in [-0.1, -0.05) is 34.1 Å². The van der Waals surface area contributed by atoms with Crippen molar-refractivity contribution in [1.82, 2.24) is 0 Å². The summed E-state index contributed by atoms with van der Waals surface area (Å²) in [7, 11) is 0. The Morgan fingerprint density at radius 1 is 0.833 bits per heavy atom. The minimum absolute atomic E-state index is 0.804. The molecule has 18 heavy (non-hydrogen) atoms. The van der Waals surface area contributed by atoms with Gasteiger partial charge in [-0.2, -0.15) is 0 Å². The molecular weight excluding hydrogens is 290 g/mol. The fourth-order valence-corrected chi connectivity index (χ4v) is 2.05. The van der Waals surface area contributed by atoms with Gasteiger partial charge in [0.25, 0.3) is 0 Å². The molecule has 2 nitrogen and oxygen atoms in total. The summed E-state index contributed by atoms with van der Waals surface area (Å²) in [4.78, 5) is 5.74. The summed E-state index contributed by atoms with van der Waals surface area (Å²) in [5, 5.41) is 2.35. The maximum atomic E-state index is 5.74. The minimum atomic E-state index is 0.804. The fourth-order valence-electron chi connectivity index (χ4n) is 1.79. The van der Waals surface area contributed by atoms with Gasteiger partial charge in [0.15, 0.2) is 0 Å². The van der Waals surface area contributed by atoms with Gasteiger partial charge in [0.2, 0.25) is 18.1 Å². The van der Waals surface area contributed by atoms with Gasteiger partial charge >= 0.3 is 0 Å². The second-order valence-corrected chi connectivity index (χ2v) is 4.89. The lowest BCUT2D eigenvalue weighted by Gasteiger charge is -1.99. The third kappa shape index (κ3) is 2.36. The molecule has 0 unspecified atom stereocenters. The van der Waals surface area contributed by atoms with Crippen molar-refractivity contribution in [3.05, 3.63) is 71.5 Å². The Bertz CT molecular complexity index is 679. The van der Waals surface area contributed by atoms with E-state index in [9.17, 15) is 0 Å². The van der Waals surface area contributed by atoms with Crippen LogP contribution in [0.15, 0.2) is 71.5 Å². The highest BCUT2D eigenvalue weighted by Gasteiger charge is 2.05. The molecule has 2 aromatic carbocycles. The normalized spacial score (nSPS) is 10.5. The number of nitrogens with zero attached hydrogens (tertiary/aromatic N) is 1. The molecular formula is C15H11BrNO+. The molecule has 0 amide bonds. The van der Waals surface area contributed by atoms with Gasteiger partial charge < -0.3 is 0 Å². The van der Waals surface area contributed by atoms with Crippen LogP contribution in [-0.2, 0) is 0 Å². The average Bonchev–Trinajstić information content (AvgIpc) is 2.41. The molecule has 0 fully saturated rings. The van der Waals surface area contributed by atoms with Crippen molar-refractivity contribution < 1.29 is 9.57 Å². The number of hydrogen-bond acceptors (Lipinski definition) is 1. The van der Waals surface area contributed by atoms with E-state index >= 15 is 0 Å². The van der Waals surface area contributed by atoms with Crippen LogP contribution in [0.3, 0.4) is 0 Å². The Morgan fingerprint density at radius 3 is 2.33 bits per heavy atom. The van der Waals surface area contributed by atoms with Gasteiger partial charge in [0.05, 0.1) is 5.39 Å². The Morgan fingerprint density at radius 2 is 1.56 bits per heavy atom. The van der Waals surface area contributed by atoms with Crippen LogP contribution in [-0.4, -0.2) is 0 Å². The highest BCUT2D eigenvalue weighted by molar-refractivity contribution is 9.10. The topological polar surface area (TPSA) is 13.1 Å². The molecule has 3 heteroatoms. The summed E-state index contributed by atoms with van der Waals surface area (Å²) in [6.07, 6.45) is 3.88. The summed E-state index contributed by atoms with van der Waals surface area (Å²) in [6, 6.07) is 18.0. The van der Waals surface area contributed by atoms with Gasteiger partial charge in [-0.15, -0.1) is 0 Å². The third-order valence-electron chi connectivity index (χ3n) is 2.69. The molecule has 1 heterocycles. The molecule has 3 rings (SSSR count). The van der Waals surface area contributed by atoms with Crippen molar-refractivity contribution in [2.24, 2.45) is 0 Å². The lowest BCUT2D eigenvalue weighted by atomic mass is 10.2. The zero-order valence-corrected chi connectivity index (χ0v) is 11.2. The van der Waals surface area contributed by atoms with E-state index in [-0.39, 0.29) is 0 Å². The van der Waals surface area contributed by atoms with Gasteiger partial charge in [-0.3, -0.25) is 0 Å². The molecule has 0 aliphatic heterocycles. The minimum Gasteiger partial charge on any atom is -0.232 e. The first-order valence-electron chi connectivity index (χ1n) is 5.65. The highest BCUT2D eigenvalue weighted by atomic mass is 79.9. The quantitative estimate of drug-likeness (QED) is 0.657. The van der Waals surface area contributed by atoms with E-state index in [0.29, 0.717) is 0 Å². The van der Waals surface area contributed by atoms with Crippen LogP contribution >= 0.6 is 15.9 Å². The summed E-state index contributed by atoms with van der Waals surface area (Å²) in [5.74, 6) is 0.804. The second-order valence-electron chi connectivity index (χ2n) is 3.98. The van der Waals surface area contributed by atoms with E-state index in [2.05, 4.69) is 28.1 Å². The molecule has 0 saturated heterocycles. The molecule has 88 valence electrons. The Labute approximate surface area is 114 Å². The molecule has 0 bridgehead atoms. The molecule has 0 aliphatic carbocycles. The van der Waals surface area contributed by atoms with Crippen molar-refractivity contribution >= 4 is 26.7 Å². The van der Waals surface area contributed by atoms with Crippen LogP contribution < -0.4 is 9.57 Å². The molecule has 0 N–H and O–H groups in total. The number of aromatic nitrogens is 1. The maximum Gasteiger partial charge on any atom is 0.230 e. The Kier molecular flexibility index (Phi) is 2.99. The highest BCUT2D eigenvalue weighted by Crippen LogP contribution is 2.15. The van der Waals surface area contributed by atoms with E-state index in [1.165, 1.54) is 5.39 Å². The fraction of sp³-hybridized carbons (Fsp3) is 0. The van der Waals surface area contributed by atoms with Crippen molar-refractivity contribution in [2.45, 2.75) is 0 Å². The number of halogens is 1. The molecule has 3 aromatic rings. The first-order valence-corrected chi connectivity index (χ1v) is 6.44. The van der Waals surface area contributed by atoms with Gasteiger partial charge in [-0.05, 0) is 35.7 Å². The monoisotopic (exact) mass is 300 g/mol. The van der Waals surface area contributed by atoms with Crippen LogP contribution in [0.1, 0.15) is 0 Å². The number of pyridine rings is 1. The number of hydrogen-bond donors (Lipinski definition) is 0. The van der Waals surface area contributed by atoms with Crippen LogP contribution in [0.5, 0.6) is 5.75 Å². The summed E-state index contributed by atoms with van der Waals surface area (Å²) >= 11 is 3.40. The molecule has 0 saturated carbocycles. The summed E-state index contributed by atoms with van der Waals surface area (Å²) in [6.45, 7) is 0. The predicted octanol–water partition coefficient (Wildman–Crippen LogP) is 3.73. The van der Waals surface area contributed by atoms with Crippen molar-refractivity contribution in [2.75, 3.05) is 0 Å². The molecule has 0 spiro atoms. The maximum absolute atomic E-state index is 5.74. The summed E-state index contributed by atoms with van der Waals surface area (Å²) in [5.41, 5.74) is 0. The Balaban J connectivity index is 1.92. The SMILES string of the molecule is Brc1ccc(O[n+]2ccc3ccccc3c2)cc1. The van der Waals surface area contributed by atoms with Gasteiger partial charge in [0.1, 0.15) is 0 Å². The number of rotatable bonds is 2. The molecule has 0 aliphatic rings. The van der Waals surface area contributed by atoms with Crippen LogP contribution in [0.2, 0.25) is 0 Å². The molecule has 0 atom stereocenters. The first kappa shape index (κ1) is 11.2. The van der Waals surface area contributed by atoms with Crippen molar-refractivity contribution in [1.29, 1.82) is 0 Å². The van der Waals surface area contributed by atoms with E-state index in [4.69, 9.17) is 4.84 Å². The van der Waals surface area contributed by atoms with Crippen molar-refractivity contribution in [3.63, 3.8) is 0 Å². The van der Waals surface area contributed by atoms with E-state index < -0.39 is 0 Å². The van der Waals surface area contributed by atoms with Crippen LogP contribution in [0.4, 0.5) is 0 Å². The third-order valence-corrected chi connectivity index (χ3v) is 3.22. The smallest absolute Gasteiger partial charge is 0.230 e. The van der Waals surface area contributed by atoms with Gasteiger partial charge in [0, 0.05) is 15.3 Å². The zero-order chi connectivity index (χ0) is 12.4. The van der Waals surface area contributed by atoms with Crippen LogP contribution in [0.25, 0.3) is 10.8 Å². The summed E-state index contributed by atoms with van der Waals surface area (Å²) < 4.78 is 2.75. The van der Waals surface area contributed by atoms with E-state index in [1.807, 2.05) is 54.9 Å². The lowest BCUT2D eigenvalue weighted by Crippen LogP contribution is -2.38. The van der Waals surface area contributed by atoms with Crippen molar-refractivity contribution in [3.8, 4) is 5.75 Å². The van der Waals surface area contributed by atoms with Gasteiger partial charge in [-0.25, -0.2) is 4.84 Å². The molecule has 1 aromatic heterocycles. The number of fused-ring (bicyclic) bond motifs is 1. The van der Waals surface area contributed by atoms with Crippen LogP contribution in [0, 0.1) is 0 Å². The molecule has 0 radical (unpaired) electrons. The largest absolute Gasteiger partial charge is 0.232 e. The van der Waals surface area contributed by atoms with E-state index in [0.717, 1.165) is 15.6 Å². The second kappa shape index (κ2) is 4.78. The average molecular weight is 301 g/mol. The standard InChI is InChI=1S/C15H11BrNO/c16-14-5-7-15(8-6-14)18-17-10-9-12-3-1-2-4-13(12)11-17/h1-11H/q+1. The first-order chi connectivity index (χ1) is 8.81. The number of benzene rings is 2. The van der Waals surface area contributed by atoms with E-state index in [1.54, 1.807) is 4.73 Å².